The molecule has 1 fully saturated rings. The molecule has 0 aromatic heterocycles. The van der Waals surface area contributed by atoms with Crippen molar-refractivity contribution in [3.63, 3.8) is 0 Å². The number of nitrogens with one attached hydrogen (secondary N) is 1. The minimum absolute atomic E-state index is 0. The minimum Gasteiger partial charge on any atom is -0.497 e. The maximum Gasteiger partial charge on any atom is 0.285 e. The molecular weight excluding hydrogens is 365 g/mol. The average molecular weight is 394 g/mol. The molecule has 1 saturated carbocycles. The molecule has 0 aliphatic heterocycles. The van der Waals surface area contributed by atoms with Gasteiger partial charge in [-0.15, -0.1) is 0 Å². The number of rotatable bonds is 5. The maximum atomic E-state index is 13.0. The molecule has 23 heavy (non-hydrogen) atoms. The molecular formula is C18H29N2O2Y+. The van der Waals surface area contributed by atoms with E-state index in [4.69, 9.17) is 4.74 Å². The van der Waals surface area contributed by atoms with E-state index in [-0.39, 0.29) is 44.2 Å². The first kappa shape index (κ1) is 20.6. The summed E-state index contributed by atoms with van der Waals surface area (Å²) in [5, 5.41) is 3.20. The number of amides is 1. The van der Waals surface area contributed by atoms with E-state index >= 15 is 0 Å². The van der Waals surface area contributed by atoms with Gasteiger partial charge in [-0.3, -0.25) is 4.79 Å². The van der Waals surface area contributed by atoms with Gasteiger partial charge in [-0.1, -0.05) is 0 Å². The maximum absolute atomic E-state index is 13.0. The molecule has 4 nitrogen and oxygen atoms in total. The van der Waals surface area contributed by atoms with Crippen LogP contribution in [0.4, 0.5) is 5.69 Å². The zero-order chi connectivity index (χ0) is 16.5. The molecule has 1 aromatic rings. The predicted octanol–water partition coefficient (Wildman–Crippen LogP) is 3.27. The van der Waals surface area contributed by atoms with Crippen LogP contribution in [-0.4, -0.2) is 43.7 Å². The molecule has 1 aliphatic carbocycles. The van der Waals surface area contributed by atoms with E-state index in [1.54, 1.807) is 7.11 Å². The van der Waals surface area contributed by atoms with E-state index in [1.165, 1.54) is 0 Å². The summed E-state index contributed by atoms with van der Waals surface area (Å²) in [5.74, 6) is 0.984. The third kappa shape index (κ3) is 3.64. The number of anilines is 1. The Morgan fingerprint density at radius 2 is 1.78 bits per heavy atom. The topological polar surface area (TPSA) is 38.3 Å². The Kier molecular flexibility index (Phi) is 6.83. The van der Waals surface area contributed by atoms with Gasteiger partial charge in [0, 0.05) is 51.2 Å². The van der Waals surface area contributed by atoms with Gasteiger partial charge in [0.1, 0.15) is 5.75 Å². The summed E-state index contributed by atoms with van der Waals surface area (Å²) < 4.78 is 6.03. The summed E-state index contributed by atoms with van der Waals surface area (Å²) in [6.07, 6.45) is 3.07. The summed E-state index contributed by atoms with van der Waals surface area (Å²) >= 11 is 0. The van der Waals surface area contributed by atoms with Crippen LogP contribution in [0, 0.1) is 13.8 Å². The van der Waals surface area contributed by atoms with Crippen molar-refractivity contribution in [2.45, 2.75) is 45.6 Å². The number of benzene rings is 1. The van der Waals surface area contributed by atoms with Gasteiger partial charge in [-0.25, -0.2) is 0 Å². The number of hydrogen-bond acceptors (Lipinski definition) is 2. The summed E-state index contributed by atoms with van der Waals surface area (Å²) in [4.78, 5) is 13.0. The van der Waals surface area contributed by atoms with Crippen LogP contribution >= 0.6 is 0 Å². The third-order valence-corrected chi connectivity index (χ3v) is 5.53. The SMILES string of the molecule is CC[N+](C)(C)C1(C(=O)Nc2c(C)cc(OC)cc2C)CCC1.[Y]. The molecule has 1 aromatic carbocycles. The number of hydrogen-bond donors (Lipinski definition) is 1. The average Bonchev–Trinajstić information content (AvgIpc) is 2.40. The third-order valence-electron chi connectivity index (χ3n) is 5.53. The fraction of sp³-hybridized carbons (Fsp3) is 0.611. The van der Waals surface area contributed by atoms with Gasteiger partial charge in [0.05, 0.1) is 27.7 Å². The van der Waals surface area contributed by atoms with Crippen LogP contribution in [-0.2, 0) is 37.5 Å². The number of aryl methyl sites for hydroxylation is 2. The Bertz CT molecular complexity index is 557. The smallest absolute Gasteiger partial charge is 0.285 e. The Morgan fingerprint density at radius 3 is 2.13 bits per heavy atom. The Morgan fingerprint density at radius 1 is 1.26 bits per heavy atom. The fourth-order valence-corrected chi connectivity index (χ4v) is 3.39. The monoisotopic (exact) mass is 394 g/mol. The number of carbonyl (C=O) groups excluding carboxylic acids is 1. The standard InChI is InChI=1S/C18H28N2O2.Y/c1-7-20(4,5)18(9-8-10-18)17(21)19-16-13(2)11-15(22-6)12-14(16)3;/h11-12H,7-10H2,1-6H3;/p+1. The van der Waals surface area contributed by atoms with Gasteiger partial charge in [-0.2, -0.15) is 0 Å². The van der Waals surface area contributed by atoms with Crippen LogP contribution in [0.3, 0.4) is 0 Å². The van der Waals surface area contributed by atoms with Crippen molar-refractivity contribution in [3.8, 4) is 5.75 Å². The first-order chi connectivity index (χ1) is 10.3. The summed E-state index contributed by atoms with van der Waals surface area (Å²) in [7, 11) is 5.98. The first-order valence-electron chi connectivity index (χ1n) is 8.07. The molecule has 0 atom stereocenters. The molecule has 2 rings (SSSR count). The quantitative estimate of drug-likeness (QED) is 0.779. The van der Waals surface area contributed by atoms with Crippen LogP contribution in [0.5, 0.6) is 5.75 Å². The number of carbonyl (C=O) groups is 1. The van der Waals surface area contributed by atoms with Crippen LogP contribution < -0.4 is 10.1 Å². The van der Waals surface area contributed by atoms with Crippen LogP contribution in [0.2, 0.25) is 0 Å². The predicted molar refractivity (Wildman–Crippen MR) is 90.3 cm³/mol. The minimum atomic E-state index is -0.284. The van der Waals surface area contributed by atoms with Gasteiger partial charge in [-0.05, 0) is 50.5 Å². The molecule has 5 heteroatoms. The zero-order valence-electron chi connectivity index (χ0n) is 15.3. The number of methoxy groups -OCH3 is 1. The Balaban J connectivity index is 0.00000264. The summed E-state index contributed by atoms with van der Waals surface area (Å²) in [5.41, 5.74) is 2.73. The van der Waals surface area contributed by atoms with Crippen molar-refractivity contribution >= 4 is 11.6 Å². The Hall–Kier alpha value is -0.446. The number of quaternary nitrogens is 1. The van der Waals surface area contributed by atoms with Crippen molar-refractivity contribution in [2.24, 2.45) is 0 Å². The normalized spacial score (nSPS) is 16.1. The number of nitrogens with zero attached hydrogens (tertiary/aromatic N) is 1. The van der Waals surface area contributed by atoms with Crippen molar-refractivity contribution in [1.82, 2.24) is 0 Å². The van der Waals surface area contributed by atoms with Gasteiger partial charge < -0.3 is 14.5 Å². The van der Waals surface area contributed by atoms with E-state index in [0.717, 1.165) is 52.9 Å². The molecule has 1 amide bonds. The molecule has 0 unspecified atom stereocenters. The second-order valence-corrected chi connectivity index (χ2v) is 6.98. The largest absolute Gasteiger partial charge is 0.497 e. The number of ether oxygens (including phenoxy) is 1. The van der Waals surface area contributed by atoms with Crippen LogP contribution in [0.15, 0.2) is 12.1 Å². The molecule has 1 aliphatic rings. The summed E-state index contributed by atoms with van der Waals surface area (Å²) in [6.45, 7) is 7.13. The Labute approximate surface area is 165 Å². The van der Waals surface area contributed by atoms with E-state index in [1.807, 2.05) is 26.0 Å². The second-order valence-electron chi connectivity index (χ2n) is 6.98. The fourth-order valence-electron chi connectivity index (χ4n) is 3.39. The molecule has 125 valence electrons. The molecule has 0 bridgehead atoms. The van der Waals surface area contributed by atoms with Crippen LogP contribution in [0.1, 0.15) is 37.3 Å². The van der Waals surface area contributed by atoms with E-state index < -0.39 is 0 Å². The number of likely N-dealkylation sites (N-methyl/N-ethyl adjacent to an activating group) is 1. The van der Waals surface area contributed by atoms with Gasteiger partial charge in [0.2, 0.25) is 0 Å². The molecule has 1 radical (unpaired) electrons. The van der Waals surface area contributed by atoms with Gasteiger partial charge >= 0.3 is 0 Å². The molecule has 0 heterocycles. The van der Waals surface area contributed by atoms with Crippen molar-refractivity contribution in [1.29, 1.82) is 0 Å². The second kappa shape index (κ2) is 7.63. The summed E-state index contributed by atoms with van der Waals surface area (Å²) in [6, 6.07) is 3.94. The van der Waals surface area contributed by atoms with Crippen molar-refractivity contribution in [3.05, 3.63) is 23.3 Å². The van der Waals surface area contributed by atoms with Gasteiger partial charge in [0.25, 0.3) is 5.91 Å². The molecule has 0 spiro atoms. The zero-order valence-corrected chi connectivity index (χ0v) is 18.2. The van der Waals surface area contributed by atoms with Crippen LogP contribution in [0.25, 0.3) is 0 Å². The first-order valence-corrected chi connectivity index (χ1v) is 8.07. The van der Waals surface area contributed by atoms with E-state index in [9.17, 15) is 4.79 Å². The van der Waals surface area contributed by atoms with Crippen molar-refractivity contribution < 1.29 is 46.7 Å². The molecule has 0 saturated heterocycles. The van der Waals surface area contributed by atoms with E-state index in [0.29, 0.717) is 0 Å². The van der Waals surface area contributed by atoms with Gasteiger partial charge in [0.15, 0.2) is 5.54 Å². The molecule has 1 N–H and O–H groups in total. The van der Waals surface area contributed by atoms with E-state index in [2.05, 4.69) is 26.3 Å². The van der Waals surface area contributed by atoms with Crippen molar-refractivity contribution in [2.75, 3.05) is 33.1 Å².